The number of alkyl halides is 6. The lowest BCUT2D eigenvalue weighted by Gasteiger charge is -2.14. The van der Waals surface area contributed by atoms with Gasteiger partial charge >= 0.3 is 11.7 Å². The van der Waals surface area contributed by atoms with Gasteiger partial charge in [0.1, 0.15) is 16.7 Å². The number of aromatic nitrogens is 2. The standard InChI is InChI=1S/C12H4Cl2F6N4OS/c13-5-1-4(11(15,16)17)2-6(14)8(5)9-10(26(25)12(18,19)20)7(3-21)23-24(9)22/h1-2H,22H2/t26-/m1/s1. The summed E-state index contributed by atoms with van der Waals surface area (Å²) in [5.74, 6) is 5.41. The van der Waals surface area contributed by atoms with Gasteiger partial charge in [-0.1, -0.05) is 23.2 Å². The van der Waals surface area contributed by atoms with Crippen molar-refractivity contribution in [2.75, 3.05) is 5.84 Å². The second-order valence-corrected chi connectivity index (χ2v) is 6.83. The van der Waals surface area contributed by atoms with E-state index >= 15 is 0 Å². The molecule has 0 aliphatic heterocycles. The van der Waals surface area contributed by atoms with Crippen molar-refractivity contribution in [3.63, 3.8) is 0 Å². The van der Waals surface area contributed by atoms with Gasteiger partial charge in [-0.25, -0.2) is 4.21 Å². The van der Waals surface area contributed by atoms with Gasteiger partial charge in [-0.2, -0.15) is 36.4 Å². The molecule has 0 aliphatic carbocycles. The molecule has 2 rings (SSSR count). The van der Waals surface area contributed by atoms with E-state index in [1.165, 1.54) is 6.07 Å². The Morgan fingerprint density at radius 1 is 1.15 bits per heavy atom. The summed E-state index contributed by atoms with van der Waals surface area (Å²) in [6.45, 7) is 0. The van der Waals surface area contributed by atoms with Crippen LogP contribution in [0.2, 0.25) is 10.0 Å². The van der Waals surface area contributed by atoms with Gasteiger partial charge in [-0.15, -0.1) is 5.10 Å². The molecule has 0 amide bonds. The molecular weight excluding hydrogens is 433 g/mol. The zero-order chi connectivity index (χ0) is 20.0. The first-order valence-electron chi connectivity index (χ1n) is 6.12. The molecule has 2 aromatic rings. The van der Waals surface area contributed by atoms with E-state index in [1.807, 2.05) is 0 Å². The minimum absolute atomic E-state index is 0.248. The first-order chi connectivity index (χ1) is 11.8. The Bertz CT molecular complexity index is 924. The molecule has 0 saturated carbocycles. The molecule has 0 radical (unpaired) electrons. The predicted molar refractivity (Wildman–Crippen MR) is 80.0 cm³/mol. The Morgan fingerprint density at radius 3 is 2.04 bits per heavy atom. The molecule has 0 bridgehead atoms. The van der Waals surface area contributed by atoms with Crippen LogP contribution in [-0.2, 0) is 17.0 Å². The molecule has 0 spiro atoms. The third-order valence-electron chi connectivity index (χ3n) is 2.97. The summed E-state index contributed by atoms with van der Waals surface area (Å²) in [4.78, 5) is -0.913. The number of nitrogens with zero attached hydrogens (tertiary/aromatic N) is 3. The molecule has 0 aliphatic rings. The van der Waals surface area contributed by atoms with E-state index in [-0.39, 0.29) is 4.79 Å². The van der Waals surface area contributed by atoms with Crippen molar-refractivity contribution >= 4 is 34.0 Å². The van der Waals surface area contributed by atoms with Gasteiger partial charge in [-0.05, 0) is 12.1 Å². The lowest BCUT2D eigenvalue weighted by atomic mass is 10.1. The minimum Gasteiger partial charge on any atom is -0.323 e. The van der Waals surface area contributed by atoms with Crippen LogP contribution in [0, 0.1) is 11.3 Å². The van der Waals surface area contributed by atoms with E-state index in [2.05, 4.69) is 5.10 Å². The number of halogens is 8. The molecule has 0 fully saturated rings. The molecule has 14 heteroatoms. The van der Waals surface area contributed by atoms with Crippen LogP contribution in [0.5, 0.6) is 0 Å². The normalized spacial score (nSPS) is 13.5. The topological polar surface area (TPSA) is 84.7 Å². The zero-order valence-electron chi connectivity index (χ0n) is 11.9. The van der Waals surface area contributed by atoms with E-state index in [1.54, 1.807) is 0 Å². The third-order valence-corrected chi connectivity index (χ3v) is 4.75. The maximum atomic E-state index is 12.9. The minimum atomic E-state index is -5.30. The van der Waals surface area contributed by atoms with Gasteiger partial charge in [0.25, 0.3) is 0 Å². The monoisotopic (exact) mass is 436 g/mol. The zero-order valence-corrected chi connectivity index (χ0v) is 14.2. The van der Waals surface area contributed by atoms with E-state index in [4.69, 9.17) is 34.3 Å². The fourth-order valence-electron chi connectivity index (χ4n) is 1.97. The summed E-state index contributed by atoms with van der Waals surface area (Å²) < 4.78 is 88.7. The number of rotatable bonds is 2. The lowest BCUT2D eigenvalue weighted by Crippen LogP contribution is -2.18. The second kappa shape index (κ2) is 6.64. The van der Waals surface area contributed by atoms with E-state index < -0.39 is 59.9 Å². The summed E-state index contributed by atoms with van der Waals surface area (Å²) in [5, 5.41) is 10.8. The smallest absolute Gasteiger partial charge is 0.323 e. The summed E-state index contributed by atoms with van der Waals surface area (Å²) in [6, 6.07) is 2.09. The van der Waals surface area contributed by atoms with Crippen molar-refractivity contribution in [1.82, 2.24) is 9.89 Å². The number of benzene rings is 1. The maximum Gasteiger partial charge on any atom is 0.476 e. The fraction of sp³-hybridized carbons (Fsp3) is 0.167. The van der Waals surface area contributed by atoms with Crippen LogP contribution in [0.25, 0.3) is 11.3 Å². The maximum absolute atomic E-state index is 12.9. The number of nitrogens with two attached hydrogens (primary N) is 1. The van der Waals surface area contributed by atoms with Crippen LogP contribution in [0.3, 0.4) is 0 Å². The van der Waals surface area contributed by atoms with Crippen molar-refractivity contribution in [1.29, 1.82) is 5.26 Å². The molecule has 1 aromatic heterocycles. The quantitative estimate of drug-likeness (QED) is 0.567. The number of hydrogen-bond donors (Lipinski definition) is 1. The van der Waals surface area contributed by atoms with Gasteiger partial charge in [-0.3, -0.25) is 0 Å². The van der Waals surface area contributed by atoms with Crippen molar-refractivity contribution in [2.24, 2.45) is 0 Å². The van der Waals surface area contributed by atoms with E-state index in [9.17, 15) is 30.6 Å². The first kappa shape index (κ1) is 20.3. The Labute approximate surface area is 153 Å². The number of hydrogen-bond acceptors (Lipinski definition) is 4. The highest BCUT2D eigenvalue weighted by Gasteiger charge is 2.43. The summed E-state index contributed by atoms with van der Waals surface area (Å²) in [5.41, 5.74) is -8.87. The highest BCUT2D eigenvalue weighted by atomic mass is 35.5. The number of nitriles is 1. The van der Waals surface area contributed by atoms with Gasteiger partial charge in [0, 0.05) is 5.56 Å². The molecular formula is C12H4Cl2F6N4OS. The summed E-state index contributed by atoms with van der Waals surface area (Å²) in [7, 11) is -3.77. The molecule has 2 N–H and O–H groups in total. The third kappa shape index (κ3) is 3.60. The molecule has 26 heavy (non-hydrogen) atoms. The lowest BCUT2D eigenvalue weighted by molar-refractivity contribution is -0.137. The largest absolute Gasteiger partial charge is 0.476 e. The molecule has 0 unspecified atom stereocenters. The molecule has 5 nitrogen and oxygen atoms in total. The van der Waals surface area contributed by atoms with Crippen molar-refractivity contribution in [3.05, 3.63) is 33.4 Å². The first-order valence-corrected chi connectivity index (χ1v) is 8.03. The molecule has 1 atom stereocenters. The van der Waals surface area contributed by atoms with Crippen LogP contribution in [-0.4, -0.2) is 19.6 Å². The molecule has 140 valence electrons. The Morgan fingerprint density at radius 2 is 1.65 bits per heavy atom. The molecule has 0 saturated heterocycles. The fourth-order valence-corrected chi connectivity index (χ4v) is 3.51. The second-order valence-electron chi connectivity index (χ2n) is 4.61. The Balaban J connectivity index is 2.85. The highest BCUT2D eigenvalue weighted by molar-refractivity contribution is 7.86. The SMILES string of the molecule is N#Cc1nn(N)c(-c2c(Cl)cc(C(F)(F)F)cc2Cl)c1[S@@](=O)C(F)(F)F. The van der Waals surface area contributed by atoms with Gasteiger partial charge < -0.3 is 5.84 Å². The molecule has 1 aromatic carbocycles. The summed E-state index contributed by atoms with van der Waals surface area (Å²) >= 11 is 11.5. The van der Waals surface area contributed by atoms with E-state index in [0.717, 1.165) is 0 Å². The van der Waals surface area contributed by atoms with Crippen LogP contribution in [0.4, 0.5) is 26.3 Å². The summed E-state index contributed by atoms with van der Waals surface area (Å²) in [6.07, 6.45) is -4.83. The molecule has 1 heterocycles. The van der Waals surface area contributed by atoms with Crippen LogP contribution >= 0.6 is 23.2 Å². The van der Waals surface area contributed by atoms with Gasteiger partial charge in [0.05, 0.1) is 15.6 Å². The van der Waals surface area contributed by atoms with Crippen LogP contribution < -0.4 is 5.84 Å². The van der Waals surface area contributed by atoms with Crippen LogP contribution in [0.15, 0.2) is 17.0 Å². The Kier molecular flexibility index (Phi) is 5.19. The average Bonchev–Trinajstić information content (AvgIpc) is 2.80. The van der Waals surface area contributed by atoms with Crippen molar-refractivity contribution < 1.29 is 30.6 Å². The van der Waals surface area contributed by atoms with Crippen LogP contribution in [0.1, 0.15) is 11.3 Å². The van der Waals surface area contributed by atoms with Crippen molar-refractivity contribution in [3.8, 4) is 17.3 Å². The predicted octanol–water partition coefficient (Wildman–Crippen LogP) is 4.09. The van der Waals surface area contributed by atoms with Gasteiger partial charge in [0.15, 0.2) is 16.5 Å². The van der Waals surface area contributed by atoms with Gasteiger partial charge in [0.2, 0.25) is 0 Å². The van der Waals surface area contributed by atoms with Crippen molar-refractivity contribution in [2.45, 2.75) is 16.6 Å². The highest BCUT2D eigenvalue weighted by Crippen LogP contribution is 2.43. The average molecular weight is 437 g/mol. The number of nitrogen functional groups attached to an aromatic ring is 1. The Hall–Kier alpha value is -1.97. The van der Waals surface area contributed by atoms with E-state index in [0.29, 0.717) is 12.1 Å².